The predicted octanol–water partition coefficient (Wildman–Crippen LogP) is 6.36. The summed E-state index contributed by atoms with van der Waals surface area (Å²) in [4.78, 5) is 30.1. The van der Waals surface area contributed by atoms with Gasteiger partial charge in [0.2, 0.25) is 11.8 Å². The molecule has 0 unspecified atom stereocenters. The van der Waals surface area contributed by atoms with Crippen molar-refractivity contribution in [3.63, 3.8) is 0 Å². The summed E-state index contributed by atoms with van der Waals surface area (Å²) in [6.07, 6.45) is 2.01. The number of amides is 2. The lowest BCUT2D eigenvalue weighted by Gasteiger charge is -2.34. The smallest absolute Gasteiger partial charge is 0.264 e. The quantitative estimate of drug-likeness (QED) is 0.165. The van der Waals surface area contributed by atoms with E-state index in [0.717, 1.165) is 40.7 Å². The SMILES string of the molecule is CCCCNC(=O)[C@@H](Cc1ccccc1)N(Cc1ccccc1C)C(=O)CN(c1cc(C)ccc1C)S(=O)(=O)c1ccccc1. The van der Waals surface area contributed by atoms with E-state index in [0.29, 0.717) is 12.2 Å². The van der Waals surface area contributed by atoms with Crippen molar-refractivity contribution in [2.45, 2.75) is 64.4 Å². The van der Waals surface area contributed by atoms with Gasteiger partial charge in [-0.25, -0.2) is 8.42 Å². The van der Waals surface area contributed by atoms with Gasteiger partial charge in [0.05, 0.1) is 10.6 Å². The fraction of sp³-hybridized carbons (Fsp3) is 0.297. The van der Waals surface area contributed by atoms with E-state index in [1.807, 2.05) is 87.5 Å². The molecule has 1 atom stereocenters. The summed E-state index contributed by atoms with van der Waals surface area (Å²) in [6, 6.07) is 30.2. The van der Waals surface area contributed by atoms with Gasteiger partial charge in [0, 0.05) is 19.5 Å². The van der Waals surface area contributed by atoms with Crippen molar-refractivity contribution in [2.75, 3.05) is 17.4 Å². The number of anilines is 1. The molecule has 0 aliphatic carbocycles. The van der Waals surface area contributed by atoms with Crippen molar-refractivity contribution in [3.05, 3.63) is 131 Å². The van der Waals surface area contributed by atoms with Crippen LogP contribution in [0.4, 0.5) is 5.69 Å². The summed E-state index contributed by atoms with van der Waals surface area (Å²) < 4.78 is 29.6. The number of unbranched alkanes of at least 4 members (excludes halogenated alkanes) is 1. The summed E-state index contributed by atoms with van der Waals surface area (Å²) in [5.74, 6) is -0.733. The Morgan fingerprint density at radius 1 is 0.800 bits per heavy atom. The number of sulfonamides is 1. The second kappa shape index (κ2) is 15.5. The fourth-order valence-electron chi connectivity index (χ4n) is 5.25. The van der Waals surface area contributed by atoms with Crippen LogP contribution in [0.2, 0.25) is 0 Å². The van der Waals surface area contributed by atoms with Crippen molar-refractivity contribution in [2.24, 2.45) is 0 Å². The molecule has 1 N–H and O–H groups in total. The van der Waals surface area contributed by atoms with Crippen LogP contribution < -0.4 is 9.62 Å². The third-order valence-corrected chi connectivity index (χ3v) is 9.72. The summed E-state index contributed by atoms with van der Waals surface area (Å²) in [6.45, 7) is 7.90. The highest BCUT2D eigenvalue weighted by Crippen LogP contribution is 2.29. The Balaban J connectivity index is 1.82. The minimum atomic E-state index is -4.14. The third kappa shape index (κ3) is 8.60. The molecule has 0 bridgehead atoms. The van der Waals surface area contributed by atoms with Crippen molar-refractivity contribution in [1.29, 1.82) is 0 Å². The maximum Gasteiger partial charge on any atom is 0.264 e. The van der Waals surface area contributed by atoms with Crippen LogP contribution >= 0.6 is 0 Å². The zero-order valence-electron chi connectivity index (χ0n) is 26.6. The number of hydrogen-bond donors (Lipinski definition) is 1. The first-order valence-corrected chi connectivity index (χ1v) is 16.9. The monoisotopic (exact) mass is 625 g/mol. The second-order valence-corrected chi connectivity index (χ2v) is 13.3. The molecule has 7 nitrogen and oxygen atoms in total. The Bertz CT molecular complexity index is 1690. The highest BCUT2D eigenvalue weighted by atomic mass is 32.2. The molecule has 0 saturated carbocycles. The Morgan fingerprint density at radius 2 is 1.44 bits per heavy atom. The molecule has 2 amide bonds. The Morgan fingerprint density at radius 3 is 2.11 bits per heavy atom. The van der Waals surface area contributed by atoms with E-state index in [4.69, 9.17) is 0 Å². The van der Waals surface area contributed by atoms with Gasteiger partial charge >= 0.3 is 0 Å². The van der Waals surface area contributed by atoms with Crippen LogP contribution in [0.3, 0.4) is 0 Å². The Kier molecular flexibility index (Phi) is 11.5. The molecule has 4 aromatic carbocycles. The fourth-order valence-corrected chi connectivity index (χ4v) is 6.74. The lowest BCUT2D eigenvalue weighted by atomic mass is 10.0. The van der Waals surface area contributed by atoms with Crippen LogP contribution in [-0.2, 0) is 32.6 Å². The molecule has 0 aliphatic heterocycles. The van der Waals surface area contributed by atoms with E-state index in [1.165, 1.54) is 16.4 Å². The summed E-state index contributed by atoms with van der Waals surface area (Å²) in [5, 5.41) is 3.03. The van der Waals surface area contributed by atoms with E-state index < -0.39 is 28.5 Å². The van der Waals surface area contributed by atoms with Crippen molar-refractivity contribution < 1.29 is 18.0 Å². The molecule has 0 radical (unpaired) electrons. The second-order valence-electron chi connectivity index (χ2n) is 11.4. The molecule has 0 spiro atoms. The van der Waals surface area contributed by atoms with E-state index in [2.05, 4.69) is 12.2 Å². The predicted molar refractivity (Wildman–Crippen MR) is 180 cm³/mol. The zero-order chi connectivity index (χ0) is 32.4. The minimum absolute atomic E-state index is 0.0855. The van der Waals surface area contributed by atoms with Crippen LogP contribution in [-0.4, -0.2) is 44.3 Å². The van der Waals surface area contributed by atoms with Crippen LogP contribution in [0.5, 0.6) is 0 Å². The number of nitrogens with one attached hydrogen (secondary N) is 1. The molecule has 0 fully saturated rings. The number of hydrogen-bond acceptors (Lipinski definition) is 4. The third-order valence-electron chi connectivity index (χ3n) is 7.95. The van der Waals surface area contributed by atoms with Crippen LogP contribution in [0, 0.1) is 20.8 Å². The zero-order valence-corrected chi connectivity index (χ0v) is 27.4. The highest BCUT2D eigenvalue weighted by Gasteiger charge is 2.35. The number of aryl methyl sites for hydroxylation is 3. The minimum Gasteiger partial charge on any atom is -0.354 e. The largest absolute Gasteiger partial charge is 0.354 e. The standard InChI is InChI=1S/C37H43N3O4S/c1-5-6-23-38-37(42)35(25-31-16-9-7-10-17-31)39(26-32-18-14-13-15-29(32)3)36(41)27-40(34-24-28(2)21-22-30(34)4)45(43,44)33-19-11-8-12-20-33/h7-22,24,35H,5-6,23,25-27H2,1-4H3,(H,38,42)/t35-/m1/s1. The summed E-state index contributed by atoms with van der Waals surface area (Å²) >= 11 is 0. The lowest BCUT2D eigenvalue weighted by Crippen LogP contribution is -2.53. The van der Waals surface area contributed by atoms with Gasteiger partial charge in [0.15, 0.2) is 0 Å². The maximum absolute atomic E-state index is 14.6. The molecule has 4 aromatic rings. The molecule has 0 saturated heterocycles. The molecule has 0 heterocycles. The van der Waals surface area contributed by atoms with Gasteiger partial charge in [-0.1, -0.05) is 98.3 Å². The molecule has 4 rings (SSSR count). The average Bonchev–Trinajstić information content (AvgIpc) is 3.04. The number of carbonyl (C=O) groups is 2. The van der Waals surface area contributed by atoms with E-state index in [-0.39, 0.29) is 23.8 Å². The molecule has 45 heavy (non-hydrogen) atoms. The first-order chi connectivity index (χ1) is 21.6. The van der Waals surface area contributed by atoms with Crippen LogP contribution in [0.25, 0.3) is 0 Å². The van der Waals surface area contributed by atoms with Gasteiger partial charge in [0.1, 0.15) is 12.6 Å². The van der Waals surface area contributed by atoms with Crippen LogP contribution in [0.15, 0.2) is 108 Å². The van der Waals surface area contributed by atoms with Gasteiger partial charge in [0.25, 0.3) is 10.0 Å². The Labute approximate surface area is 268 Å². The van der Waals surface area contributed by atoms with Gasteiger partial charge in [-0.3, -0.25) is 13.9 Å². The molecule has 236 valence electrons. The van der Waals surface area contributed by atoms with Gasteiger partial charge in [-0.15, -0.1) is 0 Å². The van der Waals surface area contributed by atoms with Gasteiger partial charge in [-0.05, 0) is 73.2 Å². The van der Waals surface area contributed by atoms with Crippen molar-refractivity contribution >= 4 is 27.5 Å². The maximum atomic E-state index is 14.6. The number of rotatable bonds is 14. The average molecular weight is 626 g/mol. The molecule has 0 aromatic heterocycles. The van der Waals surface area contributed by atoms with Crippen molar-refractivity contribution in [3.8, 4) is 0 Å². The van der Waals surface area contributed by atoms with E-state index >= 15 is 0 Å². The first-order valence-electron chi connectivity index (χ1n) is 15.4. The summed E-state index contributed by atoms with van der Waals surface area (Å²) in [5.41, 5.74) is 4.77. The number of nitrogens with zero attached hydrogens (tertiary/aromatic N) is 2. The van der Waals surface area contributed by atoms with Gasteiger partial charge < -0.3 is 10.2 Å². The summed E-state index contributed by atoms with van der Waals surface area (Å²) in [7, 11) is -4.14. The number of carbonyl (C=O) groups excluding carboxylic acids is 2. The topological polar surface area (TPSA) is 86.8 Å². The molecular weight excluding hydrogens is 582 g/mol. The lowest BCUT2D eigenvalue weighted by molar-refractivity contribution is -0.140. The normalized spacial score (nSPS) is 11.9. The van der Waals surface area contributed by atoms with Crippen LogP contribution in [0.1, 0.15) is 47.6 Å². The Hall–Kier alpha value is -4.43. The number of benzene rings is 4. The molecular formula is C37H43N3O4S. The highest BCUT2D eigenvalue weighted by molar-refractivity contribution is 7.92. The van der Waals surface area contributed by atoms with E-state index in [1.54, 1.807) is 29.2 Å². The molecule has 8 heteroatoms. The molecule has 0 aliphatic rings. The van der Waals surface area contributed by atoms with E-state index in [9.17, 15) is 18.0 Å². The van der Waals surface area contributed by atoms with Gasteiger partial charge in [-0.2, -0.15) is 0 Å². The van der Waals surface area contributed by atoms with Crippen molar-refractivity contribution in [1.82, 2.24) is 10.2 Å². The first kappa shape index (κ1) is 33.5.